The number of unbranched alkanes of at least 4 members (excludes halogenated alkanes) is 3. The number of anilines is 4. The van der Waals surface area contributed by atoms with E-state index in [1.165, 1.54) is 19.3 Å². The van der Waals surface area contributed by atoms with E-state index in [2.05, 4.69) is 47.0 Å². The molecule has 146 valence electrons. The predicted molar refractivity (Wildman–Crippen MR) is 104 cm³/mol. The van der Waals surface area contributed by atoms with Crippen molar-refractivity contribution in [2.75, 3.05) is 53.3 Å². The van der Waals surface area contributed by atoms with Crippen LogP contribution in [0.4, 0.5) is 23.8 Å². The minimum Gasteiger partial charge on any atom is -0.354 e. The molecule has 0 aliphatic carbocycles. The Bertz CT molecular complexity index is 692. The highest BCUT2D eigenvalue weighted by molar-refractivity contribution is 5.44. The lowest BCUT2D eigenvalue weighted by Gasteiger charge is -2.34. The smallest absolute Gasteiger partial charge is 0.253 e. The van der Waals surface area contributed by atoms with Gasteiger partial charge in [-0.05, 0) is 12.5 Å². The third-order valence-corrected chi connectivity index (χ3v) is 4.43. The molecule has 0 unspecified atom stereocenters. The average molecular weight is 373 g/mol. The molecule has 3 heterocycles. The summed E-state index contributed by atoms with van der Waals surface area (Å²) in [5.41, 5.74) is 2.03. The van der Waals surface area contributed by atoms with E-state index in [4.69, 9.17) is 0 Å². The Labute approximate surface area is 159 Å². The van der Waals surface area contributed by atoms with Crippen LogP contribution in [0.25, 0.3) is 0 Å². The summed E-state index contributed by atoms with van der Waals surface area (Å²) >= 11 is 0. The van der Waals surface area contributed by atoms with Gasteiger partial charge in [-0.3, -0.25) is 5.21 Å². The maximum absolute atomic E-state index is 9.24. The maximum Gasteiger partial charge on any atom is 0.253 e. The molecule has 2 aromatic heterocycles. The van der Waals surface area contributed by atoms with Gasteiger partial charge in [0.2, 0.25) is 17.8 Å². The molecule has 2 aromatic rings. The zero-order valence-corrected chi connectivity index (χ0v) is 15.7. The van der Waals surface area contributed by atoms with Crippen molar-refractivity contribution >= 4 is 23.8 Å². The van der Waals surface area contributed by atoms with E-state index in [1.807, 2.05) is 11.5 Å². The number of aromatic nitrogens is 5. The van der Waals surface area contributed by atoms with Gasteiger partial charge in [0.15, 0.2) is 0 Å². The third-order valence-electron chi connectivity index (χ3n) is 4.43. The molecule has 0 radical (unpaired) electrons. The summed E-state index contributed by atoms with van der Waals surface area (Å²) in [6.07, 6.45) is 8.16. The lowest BCUT2D eigenvalue weighted by molar-refractivity contribution is 0.382. The van der Waals surface area contributed by atoms with Crippen molar-refractivity contribution in [2.45, 2.75) is 32.6 Å². The van der Waals surface area contributed by atoms with Crippen molar-refractivity contribution in [2.24, 2.45) is 0 Å². The zero-order valence-electron chi connectivity index (χ0n) is 15.7. The van der Waals surface area contributed by atoms with Crippen molar-refractivity contribution in [3.05, 3.63) is 18.5 Å². The van der Waals surface area contributed by atoms with Crippen LogP contribution < -0.4 is 20.6 Å². The zero-order chi connectivity index (χ0) is 18.9. The number of nitrogens with one attached hydrogen (secondary N) is 2. The summed E-state index contributed by atoms with van der Waals surface area (Å²) in [6, 6.07) is 1.81. The molecule has 0 saturated carbocycles. The van der Waals surface area contributed by atoms with E-state index < -0.39 is 0 Å². The predicted octanol–water partition coefficient (Wildman–Crippen LogP) is 1.78. The van der Waals surface area contributed by atoms with Crippen molar-refractivity contribution in [1.29, 1.82) is 0 Å². The van der Waals surface area contributed by atoms with Crippen LogP contribution in [0.1, 0.15) is 32.6 Å². The van der Waals surface area contributed by atoms with Crippen LogP contribution in [0, 0.1) is 0 Å². The van der Waals surface area contributed by atoms with Crippen molar-refractivity contribution in [3.8, 4) is 0 Å². The first kappa shape index (κ1) is 19.0. The van der Waals surface area contributed by atoms with Gasteiger partial charge in [-0.15, -0.1) is 0 Å². The Morgan fingerprint density at radius 1 is 0.889 bits per heavy atom. The highest BCUT2D eigenvalue weighted by Gasteiger charge is 2.21. The summed E-state index contributed by atoms with van der Waals surface area (Å²) in [5.74, 6) is 1.90. The van der Waals surface area contributed by atoms with Gasteiger partial charge in [0.1, 0.15) is 0 Å². The molecule has 1 saturated heterocycles. The first-order chi connectivity index (χ1) is 13.3. The van der Waals surface area contributed by atoms with Crippen LogP contribution in [0.15, 0.2) is 18.5 Å². The molecule has 1 aliphatic rings. The van der Waals surface area contributed by atoms with Gasteiger partial charge in [-0.1, -0.05) is 26.2 Å². The lowest BCUT2D eigenvalue weighted by atomic mass is 10.2. The second-order valence-electron chi connectivity index (χ2n) is 6.40. The normalized spacial score (nSPS) is 14.3. The molecule has 1 aliphatic heterocycles. The Kier molecular flexibility index (Phi) is 6.91. The van der Waals surface area contributed by atoms with Gasteiger partial charge in [-0.25, -0.2) is 15.4 Å². The topological polar surface area (TPSA) is 115 Å². The van der Waals surface area contributed by atoms with Crippen LogP contribution in [0.3, 0.4) is 0 Å². The quantitative estimate of drug-likeness (QED) is 0.444. The molecule has 10 heteroatoms. The van der Waals surface area contributed by atoms with Crippen LogP contribution in [0.5, 0.6) is 0 Å². The Morgan fingerprint density at radius 3 is 2.22 bits per heavy atom. The molecule has 0 atom stereocenters. The van der Waals surface area contributed by atoms with Gasteiger partial charge in [-0.2, -0.15) is 15.0 Å². The molecule has 0 aromatic carbocycles. The first-order valence-electron chi connectivity index (χ1n) is 9.47. The largest absolute Gasteiger partial charge is 0.354 e. The number of hydrogen-bond acceptors (Lipinski definition) is 10. The summed E-state index contributed by atoms with van der Waals surface area (Å²) in [5, 5.41) is 12.5. The molecule has 1 fully saturated rings. The van der Waals surface area contributed by atoms with Crippen molar-refractivity contribution < 1.29 is 5.21 Å². The molecule has 10 nitrogen and oxygen atoms in total. The number of piperazine rings is 1. The SMILES string of the molecule is CCCCCCNc1nc(NO)nc(N2CCN(c3ncccn3)CC2)n1. The van der Waals surface area contributed by atoms with Gasteiger partial charge >= 0.3 is 0 Å². The molecular weight excluding hydrogens is 346 g/mol. The summed E-state index contributed by atoms with van der Waals surface area (Å²) in [7, 11) is 0. The average Bonchev–Trinajstić information content (AvgIpc) is 2.74. The van der Waals surface area contributed by atoms with E-state index in [1.54, 1.807) is 12.4 Å². The Hall–Kier alpha value is -2.75. The first-order valence-corrected chi connectivity index (χ1v) is 9.47. The van der Waals surface area contributed by atoms with E-state index in [-0.39, 0.29) is 5.95 Å². The van der Waals surface area contributed by atoms with Gasteiger partial charge < -0.3 is 15.1 Å². The lowest BCUT2D eigenvalue weighted by Crippen LogP contribution is -2.47. The third kappa shape index (κ3) is 5.36. The van der Waals surface area contributed by atoms with E-state index >= 15 is 0 Å². The monoisotopic (exact) mass is 373 g/mol. The molecule has 27 heavy (non-hydrogen) atoms. The summed E-state index contributed by atoms with van der Waals surface area (Å²) in [4.78, 5) is 25.8. The van der Waals surface area contributed by atoms with Gasteiger partial charge in [0.05, 0.1) is 0 Å². The summed E-state index contributed by atoms with van der Waals surface area (Å²) in [6.45, 7) is 6.02. The molecule has 0 amide bonds. The van der Waals surface area contributed by atoms with Crippen molar-refractivity contribution in [3.63, 3.8) is 0 Å². The highest BCUT2D eigenvalue weighted by Crippen LogP contribution is 2.17. The molecule has 0 spiro atoms. The highest BCUT2D eigenvalue weighted by atomic mass is 16.5. The van der Waals surface area contributed by atoms with Crippen molar-refractivity contribution in [1.82, 2.24) is 24.9 Å². The minimum absolute atomic E-state index is 0.143. The van der Waals surface area contributed by atoms with Crippen LogP contribution in [-0.4, -0.2) is 62.9 Å². The number of hydrogen-bond donors (Lipinski definition) is 3. The standard InChI is InChI=1S/C17H27N9O/c1-2-3-4-5-7-18-14-21-15(24-27)23-17(22-14)26-12-10-25(11-13-26)16-19-8-6-9-20-16/h6,8-9,27H,2-5,7,10-13H2,1H3,(H2,18,21,22,23,24). The Morgan fingerprint density at radius 2 is 1.56 bits per heavy atom. The van der Waals surface area contributed by atoms with Crippen LogP contribution in [-0.2, 0) is 0 Å². The minimum atomic E-state index is 0.143. The fourth-order valence-electron chi connectivity index (χ4n) is 2.95. The number of nitrogens with zero attached hydrogens (tertiary/aromatic N) is 7. The van der Waals surface area contributed by atoms with Crippen LogP contribution >= 0.6 is 0 Å². The molecule has 3 N–H and O–H groups in total. The Balaban J connectivity index is 1.60. The summed E-state index contributed by atoms with van der Waals surface area (Å²) < 4.78 is 0. The van der Waals surface area contributed by atoms with Gasteiger partial charge in [0, 0.05) is 45.1 Å². The van der Waals surface area contributed by atoms with E-state index in [9.17, 15) is 5.21 Å². The molecular formula is C17H27N9O. The van der Waals surface area contributed by atoms with Crippen LogP contribution in [0.2, 0.25) is 0 Å². The second kappa shape index (κ2) is 9.81. The molecule has 3 rings (SSSR count). The van der Waals surface area contributed by atoms with E-state index in [0.29, 0.717) is 11.9 Å². The van der Waals surface area contributed by atoms with Gasteiger partial charge in [0.25, 0.3) is 5.95 Å². The molecule has 0 bridgehead atoms. The maximum atomic E-state index is 9.24. The second-order valence-corrected chi connectivity index (χ2v) is 6.40. The number of rotatable bonds is 9. The van der Waals surface area contributed by atoms with E-state index in [0.717, 1.165) is 45.1 Å². The fourth-order valence-corrected chi connectivity index (χ4v) is 2.95. The fraction of sp³-hybridized carbons (Fsp3) is 0.588.